The molecule has 0 bridgehead atoms. The number of hydrogen-bond acceptors (Lipinski definition) is 2. The quantitative estimate of drug-likeness (QED) is 0.866. The Kier molecular flexibility index (Phi) is 4.67. The molecule has 2 aromatic carbocycles. The zero-order valence-corrected chi connectivity index (χ0v) is 13.3. The Morgan fingerprint density at radius 1 is 0.952 bits per heavy atom. The summed E-state index contributed by atoms with van der Waals surface area (Å²) in [5.41, 5.74) is 9.36. The van der Waals surface area contributed by atoms with Gasteiger partial charge in [0, 0.05) is 16.5 Å². The summed E-state index contributed by atoms with van der Waals surface area (Å²) in [6, 6.07) is 22.0. The van der Waals surface area contributed by atoms with Crippen molar-refractivity contribution in [1.82, 2.24) is 0 Å². The molecule has 1 nitrogen and oxygen atoms in total. The molecule has 2 heteroatoms. The normalized spacial score (nSPS) is 29.2. The number of thioether (sulfide) groups is 1. The largest absolute Gasteiger partial charge is 0.327 e. The summed E-state index contributed by atoms with van der Waals surface area (Å²) < 4.78 is 0. The summed E-state index contributed by atoms with van der Waals surface area (Å²) in [6.45, 7) is 2.27. The Labute approximate surface area is 132 Å². The van der Waals surface area contributed by atoms with E-state index in [1.54, 1.807) is 0 Å². The van der Waals surface area contributed by atoms with Crippen LogP contribution in [0.5, 0.6) is 0 Å². The molecule has 3 rings (SSSR count). The highest BCUT2D eigenvalue weighted by Gasteiger charge is 2.36. The third-order valence-electron chi connectivity index (χ3n) is 4.51. The molecule has 0 amide bonds. The molecule has 0 spiro atoms. The fourth-order valence-electron chi connectivity index (χ4n) is 3.35. The van der Waals surface area contributed by atoms with Gasteiger partial charge in [-0.05, 0) is 23.5 Å². The number of nitrogens with two attached hydrogens (primary N) is 1. The van der Waals surface area contributed by atoms with Crippen LogP contribution in [0.2, 0.25) is 0 Å². The molecule has 0 unspecified atom stereocenters. The lowest BCUT2D eigenvalue weighted by Gasteiger charge is -2.40. The van der Waals surface area contributed by atoms with Gasteiger partial charge in [0.15, 0.2) is 0 Å². The van der Waals surface area contributed by atoms with Crippen LogP contribution in [0.3, 0.4) is 0 Å². The number of hydrogen-bond donors (Lipinski definition) is 1. The van der Waals surface area contributed by atoms with Gasteiger partial charge in [-0.15, -0.1) is 11.8 Å². The smallest absolute Gasteiger partial charge is 0.0346 e. The molecule has 0 aliphatic carbocycles. The Bertz CT molecular complexity index is 554. The van der Waals surface area contributed by atoms with Crippen LogP contribution in [0.4, 0.5) is 0 Å². The van der Waals surface area contributed by atoms with Crippen LogP contribution in [-0.4, -0.2) is 6.04 Å². The fraction of sp³-hybridized carbons (Fsp3) is 0.368. The first-order valence-electron chi connectivity index (χ1n) is 7.80. The monoisotopic (exact) mass is 297 g/mol. The summed E-state index contributed by atoms with van der Waals surface area (Å²) in [5.74, 6) is 0.567. The van der Waals surface area contributed by atoms with E-state index in [1.165, 1.54) is 11.1 Å². The molecule has 2 aromatic rings. The van der Waals surface area contributed by atoms with Crippen molar-refractivity contribution in [3.8, 4) is 0 Å². The van der Waals surface area contributed by atoms with Gasteiger partial charge >= 0.3 is 0 Å². The number of rotatable bonds is 3. The fourth-order valence-corrected chi connectivity index (χ4v) is 5.26. The molecule has 2 N–H and O–H groups in total. The van der Waals surface area contributed by atoms with Crippen LogP contribution in [0.25, 0.3) is 0 Å². The van der Waals surface area contributed by atoms with Crippen LogP contribution in [0.15, 0.2) is 60.7 Å². The van der Waals surface area contributed by atoms with E-state index in [9.17, 15) is 0 Å². The molecule has 0 saturated carbocycles. The lowest BCUT2D eigenvalue weighted by molar-refractivity contribution is 0.362. The van der Waals surface area contributed by atoms with Gasteiger partial charge in [-0.2, -0.15) is 0 Å². The molecular formula is C19H23NS. The molecule has 1 aliphatic heterocycles. The van der Waals surface area contributed by atoms with Crippen molar-refractivity contribution < 1.29 is 0 Å². The number of benzene rings is 2. The minimum atomic E-state index is 0.284. The standard InChI is InChI=1S/C19H23NS/c1-2-16-17(20)13-18(14-9-5-3-6-10-14)21-19(16)15-11-7-4-8-12-15/h3-12,16-19H,2,13,20H2,1H3/t16-,17+,18+,19+/m1/s1. The topological polar surface area (TPSA) is 26.0 Å². The van der Waals surface area contributed by atoms with Crippen LogP contribution < -0.4 is 5.73 Å². The second-order valence-electron chi connectivity index (χ2n) is 5.84. The van der Waals surface area contributed by atoms with Gasteiger partial charge in [0.2, 0.25) is 0 Å². The predicted octanol–water partition coefficient (Wildman–Crippen LogP) is 4.96. The highest BCUT2D eigenvalue weighted by atomic mass is 32.2. The van der Waals surface area contributed by atoms with E-state index in [0.29, 0.717) is 16.4 Å². The van der Waals surface area contributed by atoms with Gasteiger partial charge in [-0.25, -0.2) is 0 Å². The summed E-state index contributed by atoms with van der Waals surface area (Å²) >= 11 is 2.09. The molecule has 1 fully saturated rings. The van der Waals surface area contributed by atoms with Crippen molar-refractivity contribution in [2.24, 2.45) is 11.7 Å². The lowest BCUT2D eigenvalue weighted by Crippen LogP contribution is -2.38. The predicted molar refractivity (Wildman–Crippen MR) is 92.3 cm³/mol. The molecule has 21 heavy (non-hydrogen) atoms. The molecule has 1 aliphatic rings. The van der Waals surface area contributed by atoms with Crippen molar-refractivity contribution >= 4 is 11.8 Å². The lowest BCUT2D eigenvalue weighted by atomic mass is 9.85. The van der Waals surface area contributed by atoms with Gasteiger partial charge in [0.1, 0.15) is 0 Å². The van der Waals surface area contributed by atoms with E-state index in [-0.39, 0.29) is 6.04 Å². The van der Waals surface area contributed by atoms with Crippen molar-refractivity contribution in [3.63, 3.8) is 0 Å². The first-order valence-corrected chi connectivity index (χ1v) is 8.74. The second kappa shape index (κ2) is 6.67. The summed E-state index contributed by atoms with van der Waals surface area (Å²) in [7, 11) is 0. The molecule has 0 radical (unpaired) electrons. The minimum absolute atomic E-state index is 0.284. The molecule has 1 heterocycles. The molecule has 4 atom stereocenters. The third-order valence-corrected chi connectivity index (χ3v) is 6.21. The zero-order valence-electron chi connectivity index (χ0n) is 12.5. The molecule has 110 valence electrons. The maximum absolute atomic E-state index is 6.53. The molecule has 1 saturated heterocycles. The zero-order chi connectivity index (χ0) is 14.7. The first-order chi connectivity index (χ1) is 10.3. The third kappa shape index (κ3) is 3.17. The van der Waals surface area contributed by atoms with E-state index in [0.717, 1.165) is 12.8 Å². The first kappa shape index (κ1) is 14.7. The minimum Gasteiger partial charge on any atom is -0.327 e. The van der Waals surface area contributed by atoms with E-state index >= 15 is 0 Å². The average molecular weight is 297 g/mol. The van der Waals surface area contributed by atoms with Crippen LogP contribution in [0, 0.1) is 5.92 Å². The van der Waals surface area contributed by atoms with Crippen LogP contribution in [-0.2, 0) is 0 Å². The van der Waals surface area contributed by atoms with Gasteiger partial charge in [-0.3, -0.25) is 0 Å². The Hall–Kier alpha value is -1.25. The highest BCUT2D eigenvalue weighted by Crippen LogP contribution is 2.53. The summed E-state index contributed by atoms with van der Waals surface area (Å²) in [4.78, 5) is 0. The van der Waals surface area contributed by atoms with Crippen molar-refractivity contribution in [2.45, 2.75) is 36.3 Å². The van der Waals surface area contributed by atoms with E-state index in [4.69, 9.17) is 5.73 Å². The summed E-state index contributed by atoms with van der Waals surface area (Å²) in [6.07, 6.45) is 2.23. The van der Waals surface area contributed by atoms with Gasteiger partial charge in [-0.1, -0.05) is 74.0 Å². The van der Waals surface area contributed by atoms with Gasteiger partial charge in [0.05, 0.1) is 0 Å². The SMILES string of the molecule is CC[C@@H]1[C@@H](N)C[C@@H](c2ccccc2)S[C@H]1c1ccccc1. The molecule has 0 aromatic heterocycles. The average Bonchev–Trinajstić information content (AvgIpc) is 2.55. The van der Waals surface area contributed by atoms with Crippen LogP contribution in [0.1, 0.15) is 41.4 Å². The Balaban J connectivity index is 1.89. The summed E-state index contributed by atoms with van der Waals surface area (Å²) in [5, 5.41) is 1.01. The highest BCUT2D eigenvalue weighted by molar-refractivity contribution is 7.99. The molecular weight excluding hydrogens is 274 g/mol. The maximum atomic E-state index is 6.53. The van der Waals surface area contributed by atoms with Crippen LogP contribution >= 0.6 is 11.8 Å². The Morgan fingerprint density at radius 3 is 2.10 bits per heavy atom. The van der Waals surface area contributed by atoms with Gasteiger partial charge in [0.25, 0.3) is 0 Å². The van der Waals surface area contributed by atoms with E-state index in [1.807, 2.05) is 0 Å². The van der Waals surface area contributed by atoms with Crippen molar-refractivity contribution in [1.29, 1.82) is 0 Å². The van der Waals surface area contributed by atoms with E-state index < -0.39 is 0 Å². The van der Waals surface area contributed by atoms with E-state index in [2.05, 4.69) is 79.3 Å². The maximum Gasteiger partial charge on any atom is 0.0346 e. The second-order valence-corrected chi connectivity index (χ2v) is 7.19. The van der Waals surface area contributed by atoms with Gasteiger partial charge < -0.3 is 5.73 Å². The Morgan fingerprint density at radius 2 is 1.52 bits per heavy atom. The van der Waals surface area contributed by atoms with Crippen molar-refractivity contribution in [2.75, 3.05) is 0 Å². The van der Waals surface area contributed by atoms with Crippen molar-refractivity contribution in [3.05, 3.63) is 71.8 Å².